The standard InChI is InChI=1S/C72H46N8/c1-3-9-51(10-4-1)67-75-69(53-23-15-45(16-24-53)49-35-39-73-40-36-49)79-71(77-67)55-27-19-47(20-28-55)57-31-33-61-63(43-57)65-59-13-7-8-14-60(59)66(61)64-44-58(32-34-62(64)65)48-21-29-56(30-22-48)72-78-68(52-11-5-2-6-12-52)76-70(80-72)54-25-17-46(18-26-54)50-37-41-74-42-38-50/h1-44,65-66H. The van der Waals surface area contributed by atoms with E-state index in [2.05, 4.69) is 168 Å². The maximum atomic E-state index is 5.07. The summed E-state index contributed by atoms with van der Waals surface area (Å²) in [6.45, 7) is 0. The molecule has 0 N–H and O–H groups in total. The van der Waals surface area contributed by atoms with Crippen LogP contribution in [0.25, 0.3) is 113 Å². The van der Waals surface area contributed by atoms with Gasteiger partial charge < -0.3 is 0 Å². The Balaban J connectivity index is 0.727. The normalized spacial score (nSPS) is 13.8. The lowest BCUT2D eigenvalue weighted by molar-refractivity contribution is 0.755. The van der Waals surface area contributed by atoms with E-state index in [-0.39, 0.29) is 11.8 Å². The van der Waals surface area contributed by atoms with Crippen LogP contribution in [0.2, 0.25) is 0 Å². The molecule has 2 bridgehead atoms. The molecule has 8 nitrogen and oxygen atoms in total. The third-order valence-electron chi connectivity index (χ3n) is 15.6. The average molecular weight is 1020 g/mol. The summed E-state index contributed by atoms with van der Waals surface area (Å²) in [7, 11) is 0. The quantitative estimate of drug-likeness (QED) is 0.133. The van der Waals surface area contributed by atoms with Gasteiger partial charge in [-0.2, -0.15) is 0 Å². The lowest BCUT2D eigenvalue weighted by Gasteiger charge is -2.42. The van der Waals surface area contributed by atoms with Crippen molar-refractivity contribution in [1.29, 1.82) is 0 Å². The molecule has 0 amide bonds. The van der Waals surface area contributed by atoms with Crippen molar-refractivity contribution in [3.05, 3.63) is 301 Å². The van der Waals surface area contributed by atoms with Crippen LogP contribution in [0, 0.1) is 0 Å². The SMILES string of the molecule is c1ccc(-c2nc(-c3ccc(-c4ccncc4)cc3)nc(-c3ccc(-c4ccc5c(c4)C4c6ccccc6C5c5cc(-c6ccc(-c7nc(-c8ccccc8)nc(-c8ccc(-c9ccncc9)cc8)n7)cc6)ccc54)cc3)n2)cc1. The van der Waals surface area contributed by atoms with Crippen molar-refractivity contribution >= 4 is 0 Å². The third-order valence-corrected chi connectivity index (χ3v) is 15.6. The molecule has 16 rings (SSSR count). The fourth-order valence-electron chi connectivity index (χ4n) is 11.6. The van der Waals surface area contributed by atoms with E-state index < -0.39 is 0 Å². The Bertz CT molecular complexity index is 4130. The summed E-state index contributed by atoms with van der Waals surface area (Å²) in [5.41, 5.74) is 22.8. The first-order valence-electron chi connectivity index (χ1n) is 26.8. The second kappa shape index (κ2) is 19.7. The van der Waals surface area contributed by atoms with Crippen LogP contribution in [0.15, 0.2) is 267 Å². The Morgan fingerprint density at radius 1 is 0.175 bits per heavy atom. The van der Waals surface area contributed by atoms with Crippen LogP contribution in [-0.2, 0) is 0 Å². The van der Waals surface area contributed by atoms with E-state index in [1.54, 1.807) is 0 Å². The Labute approximate surface area is 463 Å². The summed E-state index contributed by atoms with van der Waals surface area (Å²) in [6, 6.07) is 85.5. The first-order chi connectivity index (χ1) is 39.6. The van der Waals surface area contributed by atoms with Crippen LogP contribution in [-0.4, -0.2) is 39.9 Å². The van der Waals surface area contributed by atoms with Crippen LogP contribution < -0.4 is 0 Å². The van der Waals surface area contributed by atoms with Crippen molar-refractivity contribution in [2.24, 2.45) is 0 Å². The van der Waals surface area contributed by atoms with Crippen LogP contribution in [0.4, 0.5) is 0 Å². The van der Waals surface area contributed by atoms with Gasteiger partial charge >= 0.3 is 0 Å². The summed E-state index contributed by atoms with van der Waals surface area (Å²) in [5.74, 6) is 3.98. The lowest BCUT2D eigenvalue weighted by Crippen LogP contribution is -2.27. The highest BCUT2D eigenvalue weighted by atomic mass is 15.0. The van der Waals surface area contributed by atoms with Crippen LogP contribution in [0.1, 0.15) is 45.2 Å². The molecule has 2 unspecified atom stereocenters. The Morgan fingerprint density at radius 2 is 0.400 bits per heavy atom. The maximum Gasteiger partial charge on any atom is 0.164 e. The van der Waals surface area contributed by atoms with Gasteiger partial charge in [0.15, 0.2) is 34.9 Å². The van der Waals surface area contributed by atoms with Crippen LogP contribution >= 0.6 is 0 Å². The van der Waals surface area contributed by atoms with Gasteiger partial charge in [-0.3, -0.25) is 9.97 Å². The van der Waals surface area contributed by atoms with Crippen LogP contribution in [0.5, 0.6) is 0 Å². The van der Waals surface area contributed by atoms with Gasteiger partial charge in [0.2, 0.25) is 0 Å². The summed E-state index contributed by atoms with van der Waals surface area (Å²) in [6.07, 6.45) is 7.25. The number of benzene rings is 9. The number of hydrogen-bond donors (Lipinski definition) is 0. The molecule has 13 aromatic rings. The van der Waals surface area contributed by atoms with Gasteiger partial charge in [-0.25, -0.2) is 29.9 Å². The number of aromatic nitrogens is 8. The molecule has 3 aliphatic carbocycles. The molecular weight excluding hydrogens is 977 g/mol. The predicted octanol–water partition coefficient (Wildman–Crippen LogP) is 16.5. The molecular formula is C72H46N8. The van der Waals surface area contributed by atoms with Crippen molar-refractivity contribution in [3.63, 3.8) is 0 Å². The minimum absolute atomic E-state index is 0.111. The van der Waals surface area contributed by atoms with Gasteiger partial charge in [0.1, 0.15) is 0 Å². The molecule has 4 heterocycles. The molecule has 374 valence electrons. The van der Waals surface area contributed by atoms with E-state index in [9.17, 15) is 0 Å². The maximum absolute atomic E-state index is 5.07. The summed E-state index contributed by atoms with van der Waals surface area (Å²) in [4.78, 5) is 38.5. The molecule has 3 aliphatic rings. The summed E-state index contributed by atoms with van der Waals surface area (Å²) < 4.78 is 0. The van der Waals surface area contributed by atoms with Crippen molar-refractivity contribution in [2.45, 2.75) is 11.8 Å². The highest BCUT2D eigenvalue weighted by Crippen LogP contribution is 2.57. The molecule has 0 saturated heterocycles. The molecule has 0 aliphatic heterocycles. The lowest BCUT2D eigenvalue weighted by atomic mass is 9.60. The molecule has 9 aromatic carbocycles. The first kappa shape index (κ1) is 46.6. The molecule has 8 heteroatoms. The van der Waals surface area contributed by atoms with Crippen molar-refractivity contribution in [1.82, 2.24) is 39.9 Å². The molecule has 0 saturated carbocycles. The van der Waals surface area contributed by atoms with Gasteiger partial charge in [0, 0.05) is 70.0 Å². The summed E-state index contributed by atoms with van der Waals surface area (Å²) in [5, 5.41) is 0. The Kier molecular flexibility index (Phi) is 11.5. The van der Waals surface area contributed by atoms with Gasteiger partial charge in [0.05, 0.1) is 0 Å². The fourth-order valence-corrected chi connectivity index (χ4v) is 11.6. The minimum atomic E-state index is 0.111. The van der Waals surface area contributed by atoms with Gasteiger partial charge in [-0.1, -0.05) is 206 Å². The zero-order valence-electron chi connectivity index (χ0n) is 43.1. The number of rotatable bonds is 10. The highest BCUT2D eigenvalue weighted by Gasteiger charge is 2.41. The molecule has 4 aromatic heterocycles. The van der Waals surface area contributed by atoms with E-state index in [0.717, 1.165) is 66.8 Å². The summed E-state index contributed by atoms with van der Waals surface area (Å²) >= 11 is 0. The van der Waals surface area contributed by atoms with Gasteiger partial charge in [0.25, 0.3) is 0 Å². The number of pyridine rings is 2. The Hall–Kier alpha value is -10.7. The fraction of sp³-hybridized carbons (Fsp3) is 0.0278. The predicted molar refractivity (Wildman–Crippen MR) is 318 cm³/mol. The molecule has 0 fully saturated rings. The number of hydrogen-bond acceptors (Lipinski definition) is 8. The van der Waals surface area contributed by atoms with Crippen molar-refractivity contribution < 1.29 is 0 Å². The third kappa shape index (κ3) is 8.52. The molecule has 0 spiro atoms. The second-order valence-corrected chi connectivity index (χ2v) is 20.3. The smallest absolute Gasteiger partial charge is 0.164 e. The average Bonchev–Trinajstić information content (AvgIpc) is 3.69. The highest BCUT2D eigenvalue weighted by molar-refractivity contribution is 5.79. The largest absolute Gasteiger partial charge is 0.265 e. The van der Waals surface area contributed by atoms with E-state index in [0.29, 0.717) is 34.9 Å². The number of nitrogens with zero attached hydrogens (tertiary/aromatic N) is 8. The molecule has 2 atom stereocenters. The van der Waals surface area contributed by atoms with Gasteiger partial charge in [-0.15, -0.1) is 0 Å². The van der Waals surface area contributed by atoms with Crippen molar-refractivity contribution in [3.8, 4) is 113 Å². The zero-order valence-corrected chi connectivity index (χ0v) is 43.1. The zero-order chi connectivity index (χ0) is 52.9. The van der Waals surface area contributed by atoms with Crippen LogP contribution in [0.3, 0.4) is 0 Å². The monoisotopic (exact) mass is 1020 g/mol. The first-order valence-corrected chi connectivity index (χ1v) is 26.8. The molecule has 0 radical (unpaired) electrons. The minimum Gasteiger partial charge on any atom is -0.265 e. The second-order valence-electron chi connectivity index (χ2n) is 20.3. The van der Waals surface area contributed by atoms with E-state index in [1.807, 2.05) is 110 Å². The van der Waals surface area contributed by atoms with E-state index >= 15 is 0 Å². The van der Waals surface area contributed by atoms with E-state index in [1.165, 1.54) is 44.5 Å². The topological polar surface area (TPSA) is 103 Å². The van der Waals surface area contributed by atoms with Crippen molar-refractivity contribution in [2.75, 3.05) is 0 Å². The Morgan fingerprint density at radius 3 is 0.713 bits per heavy atom. The van der Waals surface area contributed by atoms with Gasteiger partial charge in [-0.05, 0) is 114 Å². The molecule has 80 heavy (non-hydrogen) atoms. The van der Waals surface area contributed by atoms with E-state index in [4.69, 9.17) is 29.9 Å².